The number of aliphatic hydroxyl groups excluding tert-OH is 1. The maximum absolute atomic E-state index is 8.95. The van der Waals surface area contributed by atoms with Gasteiger partial charge in [0.05, 0.1) is 0 Å². The van der Waals surface area contributed by atoms with Crippen LogP contribution in [-0.4, -0.2) is 21.7 Å². The fourth-order valence-electron chi connectivity index (χ4n) is 2.50. The lowest BCUT2D eigenvalue weighted by molar-refractivity contribution is 0.293. The van der Waals surface area contributed by atoms with Crippen LogP contribution in [0.1, 0.15) is 17.0 Å². The fraction of sp³-hybridized carbons (Fsp3) is 0.200. The van der Waals surface area contributed by atoms with E-state index in [4.69, 9.17) is 9.84 Å². The van der Waals surface area contributed by atoms with Gasteiger partial charge in [-0.2, -0.15) is 0 Å². The van der Waals surface area contributed by atoms with E-state index in [9.17, 15) is 0 Å². The second-order valence-corrected chi connectivity index (χ2v) is 5.57. The number of hydrogen-bond donors (Lipinski definition) is 1. The zero-order valence-corrected chi connectivity index (χ0v) is 13.6. The quantitative estimate of drug-likeness (QED) is 0.754. The van der Waals surface area contributed by atoms with Crippen molar-refractivity contribution in [3.05, 3.63) is 77.7 Å². The van der Waals surface area contributed by atoms with E-state index in [1.807, 2.05) is 67.7 Å². The summed E-state index contributed by atoms with van der Waals surface area (Å²) in [5.74, 6) is 0.616. The van der Waals surface area contributed by atoms with Crippen molar-refractivity contribution in [2.24, 2.45) is 0 Å². The Morgan fingerprint density at radius 2 is 1.83 bits per heavy atom. The van der Waals surface area contributed by atoms with Gasteiger partial charge in [-0.05, 0) is 24.6 Å². The molecule has 0 spiro atoms. The minimum atomic E-state index is 0.111. The van der Waals surface area contributed by atoms with E-state index < -0.39 is 0 Å². The molecule has 3 rings (SSSR count). The summed E-state index contributed by atoms with van der Waals surface area (Å²) in [4.78, 5) is 8.90. The summed E-state index contributed by atoms with van der Waals surface area (Å²) in [5, 5.41) is 8.95. The van der Waals surface area contributed by atoms with Crippen LogP contribution in [0.2, 0.25) is 0 Å². The van der Waals surface area contributed by atoms with E-state index in [-0.39, 0.29) is 6.61 Å². The average molecular weight is 320 g/mol. The number of ether oxygens (including phenoxy) is 1. The molecule has 0 fully saturated rings. The number of aromatic nitrogens is 2. The number of pyridine rings is 2. The standard InChI is InChI=1S/C20H20N2O2/c1-15-19(17-7-8-18(11-12-23)21-13-17)9-10-20(22-15)24-14-16-5-3-2-4-6-16/h2-10,13,23H,11-12,14H2,1H3. The van der Waals surface area contributed by atoms with E-state index in [0.29, 0.717) is 18.9 Å². The highest BCUT2D eigenvalue weighted by atomic mass is 16.5. The molecule has 0 saturated carbocycles. The van der Waals surface area contributed by atoms with Crippen molar-refractivity contribution >= 4 is 0 Å². The number of nitrogens with zero attached hydrogens (tertiary/aromatic N) is 2. The van der Waals surface area contributed by atoms with Crippen LogP contribution in [0, 0.1) is 6.92 Å². The first-order valence-electron chi connectivity index (χ1n) is 7.97. The van der Waals surface area contributed by atoms with Crippen molar-refractivity contribution in [1.29, 1.82) is 0 Å². The van der Waals surface area contributed by atoms with E-state index in [2.05, 4.69) is 9.97 Å². The maximum Gasteiger partial charge on any atom is 0.213 e. The Kier molecular flexibility index (Phi) is 5.18. The van der Waals surface area contributed by atoms with Crippen LogP contribution in [-0.2, 0) is 13.0 Å². The van der Waals surface area contributed by atoms with Gasteiger partial charge in [0, 0.05) is 47.8 Å². The molecule has 1 aromatic carbocycles. The van der Waals surface area contributed by atoms with Gasteiger partial charge in [-0.15, -0.1) is 0 Å². The highest BCUT2D eigenvalue weighted by Gasteiger charge is 2.06. The third-order valence-electron chi connectivity index (χ3n) is 3.79. The lowest BCUT2D eigenvalue weighted by atomic mass is 10.1. The molecular formula is C20H20N2O2. The van der Waals surface area contributed by atoms with Crippen LogP contribution in [0.25, 0.3) is 11.1 Å². The summed E-state index contributed by atoms with van der Waals surface area (Å²) in [6.07, 6.45) is 2.39. The van der Waals surface area contributed by atoms with Gasteiger partial charge in [0.1, 0.15) is 6.61 Å². The molecule has 0 aliphatic heterocycles. The molecule has 24 heavy (non-hydrogen) atoms. The number of rotatable bonds is 6. The van der Waals surface area contributed by atoms with Gasteiger partial charge in [0.25, 0.3) is 0 Å². The van der Waals surface area contributed by atoms with Crippen LogP contribution < -0.4 is 4.74 Å². The Labute approximate surface area is 141 Å². The van der Waals surface area contributed by atoms with Gasteiger partial charge >= 0.3 is 0 Å². The smallest absolute Gasteiger partial charge is 0.213 e. The van der Waals surface area contributed by atoms with Crippen LogP contribution in [0.15, 0.2) is 60.8 Å². The monoisotopic (exact) mass is 320 g/mol. The summed E-state index contributed by atoms with van der Waals surface area (Å²) in [6, 6.07) is 17.9. The normalized spacial score (nSPS) is 10.6. The second kappa shape index (κ2) is 7.70. The fourth-order valence-corrected chi connectivity index (χ4v) is 2.50. The summed E-state index contributed by atoms with van der Waals surface area (Å²) in [6.45, 7) is 2.58. The zero-order chi connectivity index (χ0) is 16.8. The molecule has 0 unspecified atom stereocenters. The number of benzene rings is 1. The van der Waals surface area contributed by atoms with Crippen molar-refractivity contribution in [2.45, 2.75) is 20.0 Å². The molecule has 1 N–H and O–H groups in total. The van der Waals surface area contributed by atoms with Gasteiger partial charge in [0.2, 0.25) is 5.88 Å². The van der Waals surface area contributed by atoms with E-state index in [0.717, 1.165) is 28.1 Å². The van der Waals surface area contributed by atoms with E-state index in [1.165, 1.54) is 0 Å². The second-order valence-electron chi connectivity index (χ2n) is 5.57. The lowest BCUT2D eigenvalue weighted by Crippen LogP contribution is -1.99. The molecule has 0 bridgehead atoms. The summed E-state index contributed by atoms with van der Waals surface area (Å²) in [7, 11) is 0. The molecule has 122 valence electrons. The molecule has 0 radical (unpaired) electrons. The Morgan fingerprint density at radius 3 is 2.50 bits per heavy atom. The molecule has 2 aromatic heterocycles. The molecule has 0 atom stereocenters. The zero-order valence-electron chi connectivity index (χ0n) is 13.6. The molecule has 0 saturated heterocycles. The predicted octanol–water partition coefficient (Wildman–Crippen LogP) is 3.57. The predicted molar refractivity (Wildman–Crippen MR) is 93.8 cm³/mol. The van der Waals surface area contributed by atoms with Gasteiger partial charge in [-0.1, -0.05) is 36.4 Å². The maximum atomic E-state index is 8.95. The number of hydrogen-bond acceptors (Lipinski definition) is 4. The third kappa shape index (κ3) is 3.97. The van der Waals surface area contributed by atoms with Crippen LogP contribution in [0.5, 0.6) is 5.88 Å². The Balaban J connectivity index is 1.72. The van der Waals surface area contributed by atoms with Gasteiger partial charge in [0.15, 0.2) is 0 Å². The molecule has 4 heteroatoms. The minimum absolute atomic E-state index is 0.111. The topological polar surface area (TPSA) is 55.2 Å². The summed E-state index contributed by atoms with van der Waals surface area (Å²) in [5.41, 5.74) is 4.94. The summed E-state index contributed by atoms with van der Waals surface area (Å²) < 4.78 is 5.76. The van der Waals surface area contributed by atoms with Gasteiger partial charge < -0.3 is 9.84 Å². The molecule has 2 heterocycles. The highest BCUT2D eigenvalue weighted by molar-refractivity contribution is 5.65. The highest BCUT2D eigenvalue weighted by Crippen LogP contribution is 2.24. The lowest BCUT2D eigenvalue weighted by Gasteiger charge is -2.10. The van der Waals surface area contributed by atoms with E-state index >= 15 is 0 Å². The van der Waals surface area contributed by atoms with Crippen molar-refractivity contribution in [3.63, 3.8) is 0 Å². The Morgan fingerprint density at radius 1 is 1.00 bits per heavy atom. The van der Waals surface area contributed by atoms with Crippen LogP contribution in [0.3, 0.4) is 0 Å². The van der Waals surface area contributed by atoms with Gasteiger partial charge in [-0.3, -0.25) is 4.98 Å². The Bertz CT molecular complexity index is 786. The van der Waals surface area contributed by atoms with Crippen LogP contribution >= 0.6 is 0 Å². The van der Waals surface area contributed by atoms with Crippen molar-refractivity contribution in [3.8, 4) is 17.0 Å². The Hall–Kier alpha value is -2.72. The first kappa shape index (κ1) is 16.1. The number of aryl methyl sites for hydroxylation is 1. The van der Waals surface area contributed by atoms with Crippen LogP contribution in [0.4, 0.5) is 0 Å². The first-order chi connectivity index (χ1) is 11.8. The van der Waals surface area contributed by atoms with Crippen molar-refractivity contribution in [2.75, 3.05) is 6.61 Å². The van der Waals surface area contributed by atoms with Gasteiger partial charge in [-0.25, -0.2) is 4.98 Å². The molecule has 4 nitrogen and oxygen atoms in total. The molecule has 3 aromatic rings. The number of aliphatic hydroxyl groups is 1. The van der Waals surface area contributed by atoms with E-state index in [1.54, 1.807) is 0 Å². The van der Waals surface area contributed by atoms with Crippen molar-refractivity contribution < 1.29 is 9.84 Å². The third-order valence-corrected chi connectivity index (χ3v) is 3.79. The molecule has 0 aliphatic carbocycles. The molecule has 0 aliphatic rings. The first-order valence-corrected chi connectivity index (χ1v) is 7.97. The minimum Gasteiger partial charge on any atom is -0.473 e. The largest absolute Gasteiger partial charge is 0.473 e. The molecule has 0 amide bonds. The average Bonchev–Trinajstić information content (AvgIpc) is 2.62. The SMILES string of the molecule is Cc1nc(OCc2ccccc2)ccc1-c1ccc(CCO)nc1. The van der Waals surface area contributed by atoms with Crippen molar-refractivity contribution in [1.82, 2.24) is 9.97 Å². The summed E-state index contributed by atoms with van der Waals surface area (Å²) >= 11 is 0. The molecular weight excluding hydrogens is 300 g/mol.